The molecule has 4 rings (SSSR count). The standard InChI is InChI=1S/C20H19N3O5S/c24-19-16-5-1-2-6-17(16)21-18(22-19)13-28-20(25)14-7-9-15(10-8-14)29(26,27)23-11-3-4-12-23/h1-2,5-10H,3-4,11-13H2,(H,21,22,24). The largest absolute Gasteiger partial charge is 0.454 e. The van der Waals surface area contributed by atoms with Crippen LogP contribution in [0.4, 0.5) is 0 Å². The van der Waals surface area contributed by atoms with Crippen molar-refractivity contribution in [2.24, 2.45) is 0 Å². The first-order valence-electron chi connectivity index (χ1n) is 9.20. The van der Waals surface area contributed by atoms with Crippen molar-refractivity contribution < 1.29 is 17.9 Å². The highest BCUT2D eigenvalue weighted by Gasteiger charge is 2.27. The fourth-order valence-electron chi connectivity index (χ4n) is 3.26. The molecular formula is C20H19N3O5S. The van der Waals surface area contributed by atoms with Gasteiger partial charge in [-0.1, -0.05) is 12.1 Å². The van der Waals surface area contributed by atoms with Crippen LogP contribution < -0.4 is 5.56 Å². The number of aromatic amines is 1. The summed E-state index contributed by atoms with van der Waals surface area (Å²) < 4.78 is 31.7. The quantitative estimate of drug-likeness (QED) is 0.641. The van der Waals surface area contributed by atoms with Crippen molar-refractivity contribution in [3.05, 3.63) is 70.3 Å². The van der Waals surface area contributed by atoms with Crippen LogP contribution in [0.25, 0.3) is 10.9 Å². The van der Waals surface area contributed by atoms with Gasteiger partial charge in [0.25, 0.3) is 5.56 Å². The summed E-state index contributed by atoms with van der Waals surface area (Å²) in [5, 5.41) is 0.456. The van der Waals surface area contributed by atoms with Crippen LogP contribution in [0.2, 0.25) is 0 Å². The van der Waals surface area contributed by atoms with Gasteiger partial charge in [0.1, 0.15) is 12.4 Å². The Bertz CT molecular complexity index is 1210. The Morgan fingerprint density at radius 1 is 1.07 bits per heavy atom. The van der Waals surface area contributed by atoms with Crippen LogP contribution in [0.15, 0.2) is 58.2 Å². The van der Waals surface area contributed by atoms with E-state index in [0.29, 0.717) is 24.0 Å². The molecule has 1 aliphatic rings. The molecule has 150 valence electrons. The fourth-order valence-corrected chi connectivity index (χ4v) is 4.78. The molecule has 29 heavy (non-hydrogen) atoms. The minimum Gasteiger partial charge on any atom is -0.454 e. The van der Waals surface area contributed by atoms with E-state index in [-0.39, 0.29) is 28.4 Å². The maximum atomic E-state index is 12.5. The number of para-hydroxylation sites is 1. The van der Waals surface area contributed by atoms with E-state index in [2.05, 4.69) is 9.97 Å². The number of aromatic nitrogens is 2. The summed E-state index contributed by atoms with van der Waals surface area (Å²) in [5.41, 5.74) is 0.422. The molecule has 3 aromatic rings. The van der Waals surface area contributed by atoms with E-state index >= 15 is 0 Å². The molecule has 1 fully saturated rings. The van der Waals surface area contributed by atoms with Gasteiger partial charge in [-0.25, -0.2) is 18.2 Å². The number of hydrogen-bond donors (Lipinski definition) is 1. The smallest absolute Gasteiger partial charge is 0.338 e. The second-order valence-corrected chi connectivity index (χ2v) is 8.68. The molecule has 0 atom stereocenters. The van der Waals surface area contributed by atoms with E-state index in [1.807, 2.05) is 0 Å². The van der Waals surface area contributed by atoms with Crippen LogP contribution in [0.5, 0.6) is 0 Å². The van der Waals surface area contributed by atoms with E-state index in [9.17, 15) is 18.0 Å². The average Bonchev–Trinajstić information content (AvgIpc) is 3.28. The Balaban J connectivity index is 1.46. The highest BCUT2D eigenvalue weighted by molar-refractivity contribution is 7.89. The van der Waals surface area contributed by atoms with E-state index in [4.69, 9.17) is 4.74 Å². The number of nitrogens with zero attached hydrogens (tertiary/aromatic N) is 2. The van der Waals surface area contributed by atoms with Gasteiger partial charge in [-0.3, -0.25) is 4.79 Å². The van der Waals surface area contributed by atoms with Crippen LogP contribution in [-0.2, 0) is 21.4 Å². The van der Waals surface area contributed by atoms with E-state index in [1.54, 1.807) is 24.3 Å². The zero-order valence-corrected chi connectivity index (χ0v) is 16.3. The Kier molecular flexibility index (Phi) is 5.16. The van der Waals surface area contributed by atoms with E-state index in [1.165, 1.54) is 28.6 Å². The topological polar surface area (TPSA) is 109 Å². The maximum Gasteiger partial charge on any atom is 0.338 e. The molecule has 2 heterocycles. The van der Waals surface area contributed by atoms with Gasteiger partial charge in [-0.2, -0.15) is 4.31 Å². The first-order chi connectivity index (χ1) is 13.9. The number of hydrogen-bond acceptors (Lipinski definition) is 6. The molecule has 0 aliphatic carbocycles. The summed E-state index contributed by atoms with van der Waals surface area (Å²) >= 11 is 0. The predicted molar refractivity (Wildman–Crippen MR) is 106 cm³/mol. The monoisotopic (exact) mass is 413 g/mol. The molecule has 0 amide bonds. The lowest BCUT2D eigenvalue weighted by atomic mass is 10.2. The van der Waals surface area contributed by atoms with E-state index < -0.39 is 16.0 Å². The fraction of sp³-hybridized carbons (Fsp3) is 0.250. The minimum atomic E-state index is -3.53. The van der Waals surface area contributed by atoms with Gasteiger partial charge < -0.3 is 9.72 Å². The van der Waals surface area contributed by atoms with Crippen LogP contribution in [-0.4, -0.2) is 41.7 Å². The maximum absolute atomic E-state index is 12.5. The van der Waals surface area contributed by atoms with Gasteiger partial charge in [0.15, 0.2) is 0 Å². The number of benzene rings is 2. The van der Waals surface area contributed by atoms with Crippen LogP contribution in [0.1, 0.15) is 29.0 Å². The third-order valence-corrected chi connectivity index (χ3v) is 6.71. The molecule has 0 spiro atoms. The summed E-state index contributed by atoms with van der Waals surface area (Å²) in [6, 6.07) is 12.5. The molecule has 0 bridgehead atoms. The Morgan fingerprint density at radius 3 is 2.48 bits per heavy atom. The minimum absolute atomic E-state index is 0.150. The van der Waals surface area contributed by atoms with Crippen LogP contribution in [0.3, 0.4) is 0 Å². The van der Waals surface area contributed by atoms with Crippen molar-refractivity contribution in [3.63, 3.8) is 0 Å². The van der Waals surface area contributed by atoms with Crippen LogP contribution in [0, 0.1) is 0 Å². The van der Waals surface area contributed by atoms with Crippen molar-refractivity contribution >= 4 is 26.9 Å². The summed E-state index contributed by atoms with van der Waals surface area (Å²) in [6.07, 6.45) is 1.71. The molecule has 8 nitrogen and oxygen atoms in total. The molecule has 0 unspecified atom stereocenters. The van der Waals surface area contributed by atoms with Crippen molar-refractivity contribution in [2.45, 2.75) is 24.3 Å². The lowest BCUT2D eigenvalue weighted by molar-refractivity contribution is 0.0462. The number of rotatable bonds is 5. The summed E-state index contributed by atoms with van der Waals surface area (Å²) in [6.45, 7) is 0.832. The molecule has 1 saturated heterocycles. The summed E-state index contributed by atoms with van der Waals surface area (Å²) in [7, 11) is -3.53. The molecular weight excluding hydrogens is 394 g/mol. The molecule has 1 N–H and O–H groups in total. The number of sulfonamides is 1. The van der Waals surface area contributed by atoms with E-state index in [0.717, 1.165) is 12.8 Å². The second kappa shape index (κ2) is 7.76. The number of ether oxygens (including phenoxy) is 1. The highest BCUT2D eigenvalue weighted by Crippen LogP contribution is 2.21. The molecule has 2 aromatic carbocycles. The van der Waals surface area contributed by atoms with Crippen molar-refractivity contribution in [3.8, 4) is 0 Å². The normalized spacial score (nSPS) is 14.9. The SMILES string of the molecule is O=C(OCc1nc2ccccc2c(=O)[nH]1)c1ccc(S(=O)(=O)N2CCCC2)cc1. The number of esters is 1. The lowest BCUT2D eigenvalue weighted by Gasteiger charge is -2.15. The molecule has 9 heteroatoms. The van der Waals surface area contributed by atoms with Gasteiger partial charge in [0.2, 0.25) is 10.0 Å². The predicted octanol–water partition coefficient (Wildman–Crippen LogP) is 2.06. The van der Waals surface area contributed by atoms with Gasteiger partial charge in [-0.05, 0) is 49.2 Å². The van der Waals surface area contributed by atoms with Crippen molar-refractivity contribution in [2.75, 3.05) is 13.1 Å². The third-order valence-electron chi connectivity index (χ3n) is 4.79. The first-order valence-corrected chi connectivity index (χ1v) is 10.6. The molecule has 0 radical (unpaired) electrons. The van der Waals surface area contributed by atoms with Crippen molar-refractivity contribution in [1.29, 1.82) is 0 Å². The van der Waals surface area contributed by atoms with Gasteiger partial charge >= 0.3 is 5.97 Å². The van der Waals surface area contributed by atoms with Gasteiger partial charge in [0.05, 0.1) is 21.4 Å². The number of carbonyl (C=O) groups excluding carboxylic acids is 1. The van der Waals surface area contributed by atoms with Crippen LogP contribution >= 0.6 is 0 Å². The second-order valence-electron chi connectivity index (χ2n) is 6.74. The number of fused-ring (bicyclic) bond motifs is 1. The molecule has 0 saturated carbocycles. The zero-order valence-electron chi connectivity index (χ0n) is 15.5. The Labute approximate surface area is 167 Å². The lowest BCUT2D eigenvalue weighted by Crippen LogP contribution is -2.27. The third kappa shape index (κ3) is 3.92. The Hall–Kier alpha value is -3.04. The number of H-pyrrole nitrogens is 1. The first kappa shape index (κ1) is 19.3. The van der Waals surface area contributed by atoms with Gasteiger partial charge in [0, 0.05) is 13.1 Å². The average molecular weight is 413 g/mol. The van der Waals surface area contributed by atoms with Crippen molar-refractivity contribution in [1.82, 2.24) is 14.3 Å². The molecule has 1 aliphatic heterocycles. The van der Waals surface area contributed by atoms with Gasteiger partial charge in [-0.15, -0.1) is 0 Å². The number of nitrogens with one attached hydrogen (secondary N) is 1. The Morgan fingerprint density at radius 2 is 1.76 bits per heavy atom. The summed E-state index contributed by atoms with van der Waals surface area (Å²) in [5.74, 6) is -0.402. The number of carbonyl (C=O) groups is 1. The highest BCUT2D eigenvalue weighted by atomic mass is 32.2. The molecule has 1 aromatic heterocycles. The zero-order chi connectivity index (χ0) is 20.4. The summed E-state index contributed by atoms with van der Waals surface area (Å²) in [4.78, 5) is 31.4.